The second-order valence-corrected chi connectivity index (χ2v) is 6.54. The number of nitrogens with one attached hydrogen (secondary N) is 1. The van der Waals surface area contributed by atoms with Crippen molar-refractivity contribution in [3.63, 3.8) is 0 Å². The monoisotopic (exact) mass is 389 g/mol. The number of amides is 1. The molecule has 0 heterocycles. The van der Waals surface area contributed by atoms with Gasteiger partial charge in [0.1, 0.15) is 11.3 Å². The van der Waals surface area contributed by atoms with Gasteiger partial charge in [-0.1, -0.05) is 22.0 Å². The standard InChI is InChI=1S/C18H16BrNO4/c19-13-5-7-16(21)15(9-13)18(23)24-10-17(22)20-14-6-4-11-2-1-3-12(11)8-14/h4-9,21H,1-3,10H2,(H,20,22). The minimum absolute atomic E-state index is 0.00899. The third-order valence-electron chi connectivity index (χ3n) is 3.90. The maximum absolute atomic E-state index is 11.9. The van der Waals surface area contributed by atoms with Crippen molar-refractivity contribution >= 4 is 33.5 Å². The number of phenols is 1. The van der Waals surface area contributed by atoms with Gasteiger partial charge in [-0.2, -0.15) is 0 Å². The van der Waals surface area contributed by atoms with Crippen LogP contribution >= 0.6 is 15.9 Å². The molecule has 6 heteroatoms. The van der Waals surface area contributed by atoms with Crippen molar-refractivity contribution in [2.75, 3.05) is 11.9 Å². The second-order valence-electron chi connectivity index (χ2n) is 5.62. The van der Waals surface area contributed by atoms with E-state index in [-0.39, 0.29) is 11.3 Å². The van der Waals surface area contributed by atoms with Crippen molar-refractivity contribution in [3.05, 3.63) is 57.6 Å². The van der Waals surface area contributed by atoms with Gasteiger partial charge in [-0.25, -0.2) is 4.79 Å². The number of benzene rings is 2. The van der Waals surface area contributed by atoms with E-state index in [1.807, 2.05) is 18.2 Å². The predicted molar refractivity (Wildman–Crippen MR) is 93.2 cm³/mol. The Hall–Kier alpha value is -2.34. The van der Waals surface area contributed by atoms with Gasteiger partial charge in [0.2, 0.25) is 0 Å². The molecular formula is C18H16BrNO4. The van der Waals surface area contributed by atoms with E-state index in [0.717, 1.165) is 19.3 Å². The lowest BCUT2D eigenvalue weighted by atomic mass is 10.1. The van der Waals surface area contributed by atoms with Crippen LogP contribution in [0, 0.1) is 0 Å². The van der Waals surface area contributed by atoms with Gasteiger partial charge in [0.05, 0.1) is 0 Å². The summed E-state index contributed by atoms with van der Waals surface area (Å²) in [5.74, 6) is -1.36. The molecule has 0 unspecified atom stereocenters. The second kappa shape index (κ2) is 7.05. The first-order chi connectivity index (χ1) is 11.5. The largest absolute Gasteiger partial charge is 0.507 e. The van der Waals surface area contributed by atoms with Gasteiger partial charge in [-0.3, -0.25) is 4.79 Å². The Kier molecular flexibility index (Phi) is 4.85. The molecule has 0 saturated heterocycles. The van der Waals surface area contributed by atoms with Crippen molar-refractivity contribution in [2.45, 2.75) is 19.3 Å². The minimum Gasteiger partial charge on any atom is -0.507 e. The van der Waals surface area contributed by atoms with Crippen LogP contribution in [-0.4, -0.2) is 23.6 Å². The van der Waals surface area contributed by atoms with E-state index >= 15 is 0 Å². The van der Waals surface area contributed by atoms with E-state index in [4.69, 9.17) is 4.74 Å². The van der Waals surface area contributed by atoms with Gasteiger partial charge >= 0.3 is 5.97 Å². The van der Waals surface area contributed by atoms with Gasteiger partial charge in [-0.05, 0) is 60.7 Å². The van der Waals surface area contributed by atoms with Gasteiger partial charge in [0.15, 0.2) is 6.61 Å². The molecule has 0 bridgehead atoms. The smallest absolute Gasteiger partial charge is 0.342 e. The van der Waals surface area contributed by atoms with Crippen LogP contribution in [0.25, 0.3) is 0 Å². The predicted octanol–water partition coefficient (Wildman–Crippen LogP) is 3.44. The third-order valence-corrected chi connectivity index (χ3v) is 4.39. The number of aromatic hydroxyl groups is 1. The normalized spacial score (nSPS) is 12.5. The molecule has 124 valence electrons. The first-order valence-corrected chi connectivity index (χ1v) is 8.39. The highest BCUT2D eigenvalue weighted by molar-refractivity contribution is 9.10. The number of esters is 1. The zero-order valence-electron chi connectivity index (χ0n) is 12.8. The molecule has 0 spiro atoms. The van der Waals surface area contributed by atoms with Crippen LogP contribution < -0.4 is 5.32 Å². The van der Waals surface area contributed by atoms with E-state index in [1.54, 1.807) is 6.07 Å². The third kappa shape index (κ3) is 3.76. The molecule has 2 aromatic carbocycles. The molecule has 5 nitrogen and oxygen atoms in total. The minimum atomic E-state index is -0.752. The number of ether oxygens (including phenoxy) is 1. The van der Waals surface area contributed by atoms with Crippen molar-refractivity contribution in [2.24, 2.45) is 0 Å². The van der Waals surface area contributed by atoms with Crippen molar-refractivity contribution in [1.29, 1.82) is 0 Å². The molecule has 2 aromatic rings. The number of carbonyl (C=O) groups excluding carboxylic acids is 2. The quantitative estimate of drug-likeness (QED) is 0.785. The topological polar surface area (TPSA) is 75.6 Å². The fourth-order valence-electron chi connectivity index (χ4n) is 2.73. The van der Waals surface area contributed by atoms with Crippen LogP contribution in [0.2, 0.25) is 0 Å². The Morgan fingerprint density at radius 2 is 1.92 bits per heavy atom. The summed E-state index contributed by atoms with van der Waals surface area (Å²) in [6.07, 6.45) is 3.24. The van der Waals surface area contributed by atoms with Gasteiger partial charge in [0.25, 0.3) is 5.91 Å². The molecule has 2 N–H and O–H groups in total. The fraction of sp³-hybridized carbons (Fsp3) is 0.222. The molecule has 1 amide bonds. The molecule has 24 heavy (non-hydrogen) atoms. The zero-order valence-corrected chi connectivity index (χ0v) is 14.4. The summed E-state index contributed by atoms with van der Waals surface area (Å²) in [6.45, 7) is -0.415. The van der Waals surface area contributed by atoms with Crippen LogP contribution in [-0.2, 0) is 22.4 Å². The summed E-state index contributed by atoms with van der Waals surface area (Å²) in [7, 11) is 0. The number of rotatable bonds is 4. The molecule has 3 rings (SSSR count). The van der Waals surface area contributed by atoms with Gasteiger partial charge in [0, 0.05) is 10.2 Å². The number of hydrogen-bond acceptors (Lipinski definition) is 4. The number of hydrogen-bond donors (Lipinski definition) is 2. The van der Waals surface area contributed by atoms with Crippen LogP contribution in [0.4, 0.5) is 5.69 Å². The molecule has 0 aliphatic heterocycles. The maximum Gasteiger partial charge on any atom is 0.342 e. The van der Waals surface area contributed by atoms with E-state index in [2.05, 4.69) is 21.2 Å². The summed E-state index contributed by atoms with van der Waals surface area (Å²) in [5.41, 5.74) is 3.28. The Morgan fingerprint density at radius 1 is 1.12 bits per heavy atom. The summed E-state index contributed by atoms with van der Waals surface area (Å²) >= 11 is 3.22. The Bertz CT molecular complexity index is 804. The summed E-state index contributed by atoms with van der Waals surface area (Å²) in [6, 6.07) is 10.3. The molecule has 0 aromatic heterocycles. The van der Waals surface area contributed by atoms with E-state index in [0.29, 0.717) is 10.2 Å². The Morgan fingerprint density at radius 3 is 2.75 bits per heavy atom. The molecule has 1 aliphatic carbocycles. The lowest BCUT2D eigenvalue weighted by molar-refractivity contribution is -0.119. The van der Waals surface area contributed by atoms with Gasteiger partial charge < -0.3 is 15.2 Å². The van der Waals surface area contributed by atoms with Crippen molar-refractivity contribution < 1.29 is 19.4 Å². The fourth-order valence-corrected chi connectivity index (χ4v) is 3.09. The zero-order chi connectivity index (χ0) is 17.1. The first-order valence-electron chi connectivity index (χ1n) is 7.60. The number of aryl methyl sites for hydroxylation is 2. The molecule has 0 radical (unpaired) electrons. The summed E-state index contributed by atoms with van der Waals surface area (Å²) < 4.78 is 5.59. The van der Waals surface area contributed by atoms with Gasteiger partial charge in [-0.15, -0.1) is 0 Å². The van der Waals surface area contributed by atoms with Crippen LogP contribution in [0.5, 0.6) is 5.75 Å². The van der Waals surface area contributed by atoms with E-state index < -0.39 is 18.5 Å². The highest BCUT2D eigenvalue weighted by atomic mass is 79.9. The van der Waals surface area contributed by atoms with Crippen LogP contribution in [0.15, 0.2) is 40.9 Å². The van der Waals surface area contributed by atoms with Crippen molar-refractivity contribution in [3.8, 4) is 5.75 Å². The maximum atomic E-state index is 11.9. The molecule has 0 saturated carbocycles. The molecule has 1 aliphatic rings. The number of phenolic OH excluding ortho intramolecular Hbond substituents is 1. The van der Waals surface area contributed by atoms with E-state index in [1.165, 1.54) is 23.3 Å². The summed E-state index contributed by atoms with van der Waals surface area (Å²) in [5, 5.41) is 12.4. The average molecular weight is 390 g/mol. The number of carbonyl (C=O) groups is 2. The number of anilines is 1. The molecule has 0 atom stereocenters. The van der Waals surface area contributed by atoms with E-state index in [9.17, 15) is 14.7 Å². The summed E-state index contributed by atoms with van der Waals surface area (Å²) in [4.78, 5) is 23.9. The Labute approximate surface area is 147 Å². The molecule has 0 fully saturated rings. The molecular weight excluding hydrogens is 374 g/mol. The Balaban J connectivity index is 1.57. The number of halogens is 1. The van der Waals surface area contributed by atoms with Crippen molar-refractivity contribution in [1.82, 2.24) is 0 Å². The first kappa shape index (κ1) is 16.5. The average Bonchev–Trinajstić information content (AvgIpc) is 3.02. The highest BCUT2D eigenvalue weighted by Crippen LogP contribution is 2.25. The van der Waals surface area contributed by atoms with Crippen LogP contribution in [0.1, 0.15) is 27.9 Å². The van der Waals surface area contributed by atoms with Crippen LogP contribution in [0.3, 0.4) is 0 Å². The highest BCUT2D eigenvalue weighted by Gasteiger charge is 2.16. The SMILES string of the molecule is O=C(COC(=O)c1cc(Br)ccc1O)Nc1ccc2c(c1)CCC2. The lowest BCUT2D eigenvalue weighted by Gasteiger charge is -2.09. The number of fused-ring (bicyclic) bond motifs is 1. The lowest BCUT2D eigenvalue weighted by Crippen LogP contribution is -2.21.